The zero-order chi connectivity index (χ0) is 20.0. The molecule has 2 aromatic carbocycles. The molecule has 0 aromatic heterocycles. The standard InChI is InChI=1S/C22H28O4Si/c1-16(15-22(2,3)4)19(23)20(21(24)25)26-27(17-11-7-5-8-12-17)18-13-9-6-10-14-18/h5-14,16,20,27H,15H2,1-4H3,(H,24,25)/t16?,20-/m1/s1. The summed E-state index contributed by atoms with van der Waals surface area (Å²) in [5.74, 6) is -1.96. The van der Waals surface area contributed by atoms with Crippen LogP contribution in [0.3, 0.4) is 0 Å². The zero-order valence-electron chi connectivity index (χ0n) is 16.4. The summed E-state index contributed by atoms with van der Waals surface area (Å²) < 4.78 is 6.07. The molecule has 0 heterocycles. The molecule has 1 N–H and O–H groups in total. The summed E-state index contributed by atoms with van der Waals surface area (Å²) in [6, 6.07) is 19.2. The van der Waals surface area contributed by atoms with Crippen LogP contribution in [-0.2, 0) is 14.0 Å². The van der Waals surface area contributed by atoms with Gasteiger partial charge >= 0.3 is 5.97 Å². The highest BCUT2D eigenvalue weighted by atomic mass is 28.3. The SMILES string of the molecule is CC(CC(C)(C)C)C(=O)[C@@H](O[SiH](c1ccccc1)c1ccccc1)C(=O)O. The van der Waals surface area contributed by atoms with Crippen molar-refractivity contribution in [3.8, 4) is 0 Å². The van der Waals surface area contributed by atoms with Crippen LogP contribution in [-0.4, -0.2) is 32.0 Å². The Balaban J connectivity index is 2.32. The number of ketones is 1. The van der Waals surface area contributed by atoms with E-state index in [1.165, 1.54) is 0 Å². The molecule has 0 fully saturated rings. The summed E-state index contributed by atoms with van der Waals surface area (Å²) in [7, 11) is -2.32. The predicted octanol–water partition coefficient (Wildman–Crippen LogP) is 2.64. The average Bonchev–Trinajstić information content (AvgIpc) is 2.62. The number of benzene rings is 2. The number of rotatable bonds is 8. The van der Waals surface area contributed by atoms with E-state index in [1.807, 2.05) is 81.4 Å². The quantitative estimate of drug-likeness (QED) is 0.561. The van der Waals surface area contributed by atoms with Crippen LogP contribution < -0.4 is 10.4 Å². The van der Waals surface area contributed by atoms with E-state index in [-0.39, 0.29) is 17.1 Å². The number of hydrogen-bond donors (Lipinski definition) is 1. The van der Waals surface area contributed by atoms with Crippen molar-refractivity contribution in [2.45, 2.75) is 40.2 Å². The molecule has 0 radical (unpaired) electrons. The molecular weight excluding hydrogens is 356 g/mol. The Kier molecular flexibility index (Phi) is 7.10. The third kappa shape index (κ3) is 6.15. The van der Waals surface area contributed by atoms with Gasteiger partial charge in [-0.25, -0.2) is 4.79 Å². The first kappa shape index (κ1) is 21.1. The second-order valence-electron chi connectivity index (χ2n) is 8.12. The van der Waals surface area contributed by atoms with Crippen LogP contribution in [0.5, 0.6) is 0 Å². The van der Waals surface area contributed by atoms with E-state index in [9.17, 15) is 14.7 Å². The van der Waals surface area contributed by atoms with E-state index in [0.29, 0.717) is 6.42 Å². The van der Waals surface area contributed by atoms with Gasteiger partial charge in [-0.05, 0) is 22.2 Å². The fourth-order valence-electron chi connectivity index (χ4n) is 3.27. The lowest BCUT2D eigenvalue weighted by Gasteiger charge is -2.26. The van der Waals surface area contributed by atoms with Crippen molar-refractivity contribution < 1.29 is 19.1 Å². The number of Topliss-reactive ketones (excluding diaryl/α,β-unsaturated/α-hetero) is 1. The maximum atomic E-state index is 12.9. The van der Waals surface area contributed by atoms with Crippen molar-refractivity contribution in [2.24, 2.45) is 11.3 Å². The number of carboxylic acid groups (broad SMARTS) is 1. The summed E-state index contributed by atoms with van der Waals surface area (Å²) in [4.78, 5) is 24.8. The largest absolute Gasteiger partial charge is 0.479 e. The van der Waals surface area contributed by atoms with Crippen LogP contribution in [0.15, 0.2) is 60.7 Å². The van der Waals surface area contributed by atoms with Gasteiger partial charge in [0.05, 0.1) is 0 Å². The Hall–Kier alpha value is -2.24. The molecule has 0 spiro atoms. The minimum Gasteiger partial charge on any atom is -0.479 e. The van der Waals surface area contributed by atoms with Gasteiger partial charge in [-0.3, -0.25) is 4.79 Å². The molecule has 144 valence electrons. The number of aliphatic carboxylic acids is 1. The lowest BCUT2D eigenvalue weighted by molar-refractivity contribution is -0.152. The second kappa shape index (κ2) is 9.11. The van der Waals surface area contributed by atoms with Gasteiger partial charge in [-0.1, -0.05) is 88.4 Å². The van der Waals surface area contributed by atoms with Gasteiger partial charge in [0.1, 0.15) is 0 Å². The molecule has 4 nitrogen and oxygen atoms in total. The van der Waals surface area contributed by atoms with Gasteiger partial charge in [0.15, 0.2) is 5.78 Å². The highest BCUT2D eigenvalue weighted by Crippen LogP contribution is 2.25. The van der Waals surface area contributed by atoms with Crippen molar-refractivity contribution in [1.82, 2.24) is 0 Å². The molecule has 5 heteroatoms. The fraction of sp³-hybridized carbons (Fsp3) is 0.364. The molecule has 0 saturated carbocycles. The summed E-state index contributed by atoms with van der Waals surface area (Å²) in [5.41, 5.74) is -0.0617. The maximum absolute atomic E-state index is 12.9. The van der Waals surface area contributed by atoms with E-state index in [0.717, 1.165) is 10.4 Å². The molecule has 0 aliphatic rings. The third-order valence-electron chi connectivity index (χ3n) is 4.36. The lowest BCUT2D eigenvalue weighted by Crippen LogP contribution is -2.51. The Labute approximate surface area is 162 Å². The van der Waals surface area contributed by atoms with Crippen LogP contribution >= 0.6 is 0 Å². The van der Waals surface area contributed by atoms with E-state index in [4.69, 9.17) is 4.43 Å². The fourth-order valence-corrected chi connectivity index (χ4v) is 5.63. The first-order valence-corrected chi connectivity index (χ1v) is 10.8. The minimum atomic E-state index is -2.32. The van der Waals surface area contributed by atoms with Crippen molar-refractivity contribution in [1.29, 1.82) is 0 Å². The average molecular weight is 385 g/mol. The van der Waals surface area contributed by atoms with Gasteiger partial charge in [0, 0.05) is 5.92 Å². The normalized spacial score (nSPS) is 14.0. The van der Waals surface area contributed by atoms with Crippen LogP contribution in [0.2, 0.25) is 0 Å². The molecule has 0 aliphatic heterocycles. The van der Waals surface area contributed by atoms with Gasteiger partial charge < -0.3 is 9.53 Å². The molecule has 0 aliphatic carbocycles. The molecule has 2 aromatic rings. The van der Waals surface area contributed by atoms with E-state index >= 15 is 0 Å². The summed E-state index contributed by atoms with van der Waals surface area (Å²) >= 11 is 0. The monoisotopic (exact) mass is 384 g/mol. The molecule has 1 unspecified atom stereocenters. The number of carbonyl (C=O) groups excluding carboxylic acids is 1. The number of carbonyl (C=O) groups is 2. The van der Waals surface area contributed by atoms with E-state index in [2.05, 4.69) is 0 Å². The Morgan fingerprint density at radius 1 is 0.963 bits per heavy atom. The lowest BCUT2D eigenvalue weighted by atomic mass is 9.82. The second-order valence-corrected chi connectivity index (χ2v) is 10.5. The Morgan fingerprint density at radius 2 is 1.41 bits per heavy atom. The van der Waals surface area contributed by atoms with Crippen LogP contribution in [0.4, 0.5) is 0 Å². The summed E-state index contributed by atoms with van der Waals surface area (Å²) in [6.45, 7) is 7.91. The highest BCUT2D eigenvalue weighted by Gasteiger charge is 2.36. The molecule has 2 rings (SSSR count). The number of carboxylic acids is 1. The summed E-state index contributed by atoms with van der Waals surface area (Å²) in [5, 5.41) is 11.6. The van der Waals surface area contributed by atoms with E-state index in [1.54, 1.807) is 6.92 Å². The third-order valence-corrected chi connectivity index (χ3v) is 6.89. The smallest absolute Gasteiger partial charge is 0.339 e. The minimum absolute atomic E-state index is 0.0617. The van der Waals surface area contributed by atoms with Crippen LogP contribution in [0.25, 0.3) is 0 Å². The van der Waals surface area contributed by atoms with Gasteiger partial charge in [0.2, 0.25) is 15.1 Å². The van der Waals surface area contributed by atoms with Crippen LogP contribution in [0.1, 0.15) is 34.1 Å². The van der Waals surface area contributed by atoms with Crippen molar-refractivity contribution in [2.75, 3.05) is 0 Å². The van der Waals surface area contributed by atoms with Gasteiger partial charge in [-0.15, -0.1) is 0 Å². The Bertz CT molecular complexity index is 713. The molecular formula is C22H28O4Si. The molecule has 27 heavy (non-hydrogen) atoms. The molecule has 0 saturated heterocycles. The Morgan fingerprint density at radius 3 is 1.78 bits per heavy atom. The summed E-state index contributed by atoms with van der Waals surface area (Å²) in [6.07, 6.45) is -0.832. The van der Waals surface area contributed by atoms with Crippen LogP contribution in [0, 0.1) is 11.3 Å². The van der Waals surface area contributed by atoms with Crippen molar-refractivity contribution >= 4 is 31.2 Å². The van der Waals surface area contributed by atoms with Crippen molar-refractivity contribution in [3.05, 3.63) is 60.7 Å². The highest BCUT2D eigenvalue weighted by molar-refractivity contribution is 6.80. The molecule has 0 bridgehead atoms. The number of hydrogen-bond acceptors (Lipinski definition) is 3. The predicted molar refractivity (Wildman–Crippen MR) is 110 cm³/mol. The zero-order valence-corrected chi connectivity index (χ0v) is 17.5. The molecule has 2 atom stereocenters. The van der Waals surface area contributed by atoms with Gasteiger partial charge in [0.25, 0.3) is 0 Å². The first-order valence-electron chi connectivity index (χ1n) is 9.21. The van der Waals surface area contributed by atoms with Crippen molar-refractivity contribution in [3.63, 3.8) is 0 Å². The van der Waals surface area contributed by atoms with Gasteiger partial charge in [-0.2, -0.15) is 0 Å². The first-order chi connectivity index (χ1) is 12.7. The maximum Gasteiger partial charge on any atom is 0.339 e. The topological polar surface area (TPSA) is 63.6 Å². The van der Waals surface area contributed by atoms with E-state index < -0.39 is 21.1 Å². The molecule has 0 amide bonds.